The summed E-state index contributed by atoms with van der Waals surface area (Å²) in [5.41, 5.74) is 2.63. The molecule has 2 aromatic carbocycles. The molecule has 0 aliphatic carbocycles. The average molecular weight is 461 g/mol. The summed E-state index contributed by atoms with van der Waals surface area (Å²) >= 11 is 13.8. The molecule has 9 heteroatoms. The van der Waals surface area contributed by atoms with Gasteiger partial charge in [0.1, 0.15) is 6.54 Å². The summed E-state index contributed by atoms with van der Waals surface area (Å²) in [7, 11) is -3.70. The summed E-state index contributed by atoms with van der Waals surface area (Å²) in [6.45, 7) is 2.13. The quantitative estimate of drug-likeness (QED) is 0.571. The van der Waals surface area contributed by atoms with Gasteiger partial charge in [-0.2, -0.15) is 11.8 Å². The minimum atomic E-state index is -3.70. The molecular weight excluding hydrogens is 439 g/mol. The molecule has 2 aromatic rings. The van der Waals surface area contributed by atoms with Crippen LogP contribution in [0.2, 0.25) is 10.0 Å². The van der Waals surface area contributed by atoms with Gasteiger partial charge >= 0.3 is 0 Å². The zero-order valence-electron chi connectivity index (χ0n) is 15.6. The van der Waals surface area contributed by atoms with Gasteiger partial charge in [0.2, 0.25) is 15.9 Å². The van der Waals surface area contributed by atoms with Crippen molar-refractivity contribution in [1.82, 2.24) is 5.32 Å². The van der Waals surface area contributed by atoms with Crippen LogP contribution in [0.1, 0.15) is 11.1 Å². The van der Waals surface area contributed by atoms with Crippen molar-refractivity contribution in [2.75, 3.05) is 29.4 Å². The first-order chi connectivity index (χ1) is 13.2. The molecule has 0 aromatic heterocycles. The highest BCUT2D eigenvalue weighted by atomic mass is 35.5. The Morgan fingerprint density at radius 2 is 1.89 bits per heavy atom. The van der Waals surface area contributed by atoms with Gasteiger partial charge in [-0.05, 0) is 24.6 Å². The lowest BCUT2D eigenvalue weighted by atomic mass is 10.2. The van der Waals surface area contributed by atoms with Crippen molar-refractivity contribution in [2.45, 2.75) is 12.7 Å². The van der Waals surface area contributed by atoms with Gasteiger partial charge in [0.05, 0.1) is 22.0 Å². The Morgan fingerprint density at radius 1 is 1.18 bits per heavy atom. The van der Waals surface area contributed by atoms with Crippen LogP contribution in [0.25, 0.3) is 0 Å². The van der Waals surface area contributed by atoms with Crippen molar-refractivity contribution in [3.05, 3.63) is 63.6 Å². The van der Waals surface area contributed by atoms with E-state index in [0.29, 0.717) is 6.54 Å². The molecule has 0 radical (unpaired) electrons. The molecule has 1 N–H and O–H groups in total. The summed E-state index contributed by atoms with van der Waals surface area (Å²) in [6.07, 6.45) is 1.02. The van der Waals surface area contributed by atoms with Gasteiger partial charge in [-0.15, -0.1) is 0 Å². The van der Waals surface area contributed by atoms with Gasteiger partial charge < -0.3 is 5.32 Å². The lowest BCUT2D eigenvalue weighted by molar-refractivity contribution is -0.119. The first-order valence-electron chi connectivity index (χ1n) is 8.50. The van der Waals surface area contributed by atoms with E-state index in [1.807, 2.05) is 19.1 Å². The second-order valence-corrected chi connectivity index (χ2v) is 10.0. The fourth-order valence-electron chi connectivity index (χ4n) is 2.51. The molecule has 0 saturated heterocycles. The second-order valence-electron chi connectivity index (χ2n) is 6.23. The number of halogens is 2. The number of carbonyl (C=O) groups is 1. The normalized spacial score (nSPS) is 11.3. The van der Waals surface area contributed by atoms with Crippen LogP contribution in [0.3, 0.4) is 0 Å². The lowest BCUT2D eigenvalue weighted by Gasteiger charge is -2.23. The highest BCUT2D eigenvalue weighted by Gasteiger charge is 2.23. The third-order valence-corrected chi connectivity index (χ3v) is 6.77. The monoisotopic (exact) mass is 460 g/mol. The van der Waals surface area contributed by atoms with E-state index in [1.54, 1.807) is 23.9 Å². The molecule has 0 unspecified atom stereocenters. The van der Waals surface area contributed by atoms with E-state index < -0.39 is 15.9 Å². The van der Waals surface area contributed by atoms with Crippen LogP contribution in [0.5, 0.6) is 0 Å². The number of sulfonamides is 1. The van der Waals surface area contributed by atoms with Crippen molar-refractivity contribution in [2.24, 2.45) is 0 Å². The van der Waals surface area contributed by atoms with E-state index in [0.717, 1.165) is 22.1 Å². The van der Waals surface area contributed by atoms with E-state index in [4.69, 9.17) is 23.2 Å². The number of hydrogen-bond donors (Lipinski definition) is 1. The first kappa shape index (κ1) is 22.9. The number of hydrogen-bond acceptors (Lipinski definition) is 4. The average Bonchev–Trinajstić information content (AvgIpc) is 2.61. The van der Waals surface area contributed by atoms with Crippen LogP contribution in [0.4, 0.5) is 5.69 Å². The SMILES string of the molecule is Cc1cccc(CSCCNC(=O)CN(c2cccc(Cl)c2Cl)S(C)(=O)=O)c1. The predicted octanol–water partition coefficient (Wildman–Crippen LogP) is 4.12. The fourth-order valence-corrected chi connectivity index (χ4v) is 4.62. The van der Waals surface area contributed by atoms with Crippen molar-refractivity contribution >= 4 is 56.6 Å². The maximum Gasteiger partial charge on any atom is 0.240 e. The Bertz CT molecular complexity index is 937. The number of benzene rings is 2. The molecule has 1 amide bonds. The van der Waals surface area contributed by atoms with Crippen LogP contribution in [-0.2, 0) is 20.6 Å². The lowest BCUT2D eigenvalue weighted by Crippen LogP contribution is -2.41. The maximum absolute atomic E-state index is 12.2. The third kappa shape index (κ3) is 6.88. The number of anilines is 1. The zero-order chi connectivity index (χ0) is 20.7. The molecule has 0 bridgehead atoms. The van der Waals surface area contributed by atoms with Crippen LogP contribution in [0, 0.1) is 6.92 Å². The van der Waals surface area contributed by atoms with Gasteiger partial charge in [-0.1, -0.05) is 59.1 Å². The summed E-state index contributed by atoms with van der Waals surface area (Å²) < 4.78 is 25.2. The molecule has 0 aliphatic rings. The number of amides is 1. The maximum atomic E-state index is 12.2. The molecule has 5 nitrogen and oxygen atoms in total. The summed E-state index contributed by atoms with van der Waals surface area (Å²) in [4.78, 5) is 12.2. The van der Waals surface area contributed by atoms with Gasteiger partial charge in [-0.25, -0.2) is 8.42 Å². The Balaban J connectivity index is 1.88. The smallest absolute Gasteiger partial charge is 0.240 e. The Labute approximate surface area is 180 Å². The Kier molecular flexibility index (Phi) is 8.49. The van der Waals surface area contributed by atoms with Gasteiger partial charge in [-0.3, -0.25) is 9.10 Å². The Hall–Kier alpha value is -1.41. The summed E-state index contributed by atoms with van der Waals surface area (Å²) in [5.74, 6) is 1.17. The van der Waals surface area contributed by atoms with Crippen LogP contribution in [0.15, 0.2) is 42.5 Å². The molecule has 0 atom stereocenters. The zero-order valence-corrected chi connectivity index (χ0v) is 18.8. The molecule has 0 saturated carbocycles. The third-order valence-electron chi connectivity index (χ3n) is 3.81. The van der Waals surface area contributed by atoms with Crippen LogP contribution < -0.4 is 9.62 Å². The topological polar surface area (TPSA) is 66.5 Å². The number of rotatable bonds is 9. The van der Waals surface area contributed by atoms with Gasteiger partial charge in [0.15, 0.2) is 0 Å². The minimum absolute atomic E-state index is 0.0936. The molecule has 152 valence electrons. The molecule has 2 rings (SSSR count). The van der Waals surface area contributed by atoms with Gasteiger partial charge in [0, 0.05) is 18.1 Å². The second kappa shape index (κ2) is 10.4. The number of carbonyl (C=O) groups excluding carboxylic acids is 1. The molecule has 0 spiro atoms. The number of nitrogens with zero attached hydrogens (tertiary/aromatic N) is 1. The Morgan fingerprint density at radius 3 is 2.57 bits per heavy atom. The summed E-state index contributed by atoms with van der Waals surface area (Å²) in [6, 6.07) is 12.9. The highest BCUT2D eigenvalue weighted by molar-refractivity contribution is 7.98. The van der Waals surface area contributed by atoms with E-state index in [1.165, 1.54) is 17.2 Å². The number of thioether (sulfide) groups is 1. The van der Waals surface area contributed by atoms with E-state index in [2.05, 4.69) is 17.4 Å². The first-order valence-corrected chi connectivity index (χ1v) is 12.3. The molecule has 0 aliphatic heterocycles. The minimum Gasteiger partial charge on any atom is -0.354 e. The number of aryl methyl sites for hydroxylation is 1. The molecule has 0 heterocycles. The van der Waals surface area contributed by atoms with Gasteiger partial charge in [0.25, 0.3) is 0 Å². The molecular formula is C19H22Cl2N2O3S2. The highest BCUT2D eigenvalue weighted by Crippen LogP contribution is 2.33. The fraction of sp³-hybridized carbons (Fsp3) is 0.316. The van der Waals surface area contributed by atoms with E-state index >= 15 is 0 Å². The largest absolute Gasteiger partial charge is 0.354 e. The van der Waals surface area contributed by atoms with E-state index in [9.17, 15) is 13.2 Å². The van der Waals surface area contributed by atoms with Crippen molar-refractivity contribution < 1.29 is 13.2 Å². The molecule has 28 heavy (non-hydrogen) atoms. The molecule has 0 fully saturated rings. The standard InChI is InChI=1S/C19H22Cl2N2O3S2/c1-14-5-3-6-15(11-14)13-27-10-9-22-18(24)12-23(28(2,25)26)17-8-4-7-16(20)19(17)21/h3-8,11H,9-10,12-13H2,1-2H3,(H,22,24). The van der Waals surface area contributed by atoms with Crippen molar-refractivity contribution in [1.29, 1.82) is 0 Å². The van der Waals surface area contributed by atoms with Crippen molar-refractivity contribution in [3.8, 4) is 0 Å². The predicted molar refractivity (Wildman–Crippen MR) is 119 cm³/mol. The van der Waals surface area contributed by atoms with Crippen LogP contribution in [-0.4, -0.2) is 39.4 Å². The van der Waals surface area contributed by atoms with Crippen molar-refractivity contribution in [3.63, 3.8) is 0 Å². The number of nitrogens with one attached hydrogen (secondary N) is 1. The summed E-state index contributed by atoms with van der Waals surface area (Å²) in [5, 5.41) is 3.06. The van der Waals surface area contributed by atoms with E-state index in [-0.39, 0.29) is 22.3 Å². The van der Waals surface area contributed by atoms with Crippen LogP contribution >= 0.6 is 35.0 Å².